The third-order valence-corrected chi connectivity index (χ3v) is 6.10. The maximum absolute atomic E-state index is 12.5. The first-order valence-electron chi connectivity index (χ1n) is 9.54. The van der Waals surface area contributed by atoms with Crippen LogP contribution in [0.25, 0.3) is 0 Å². The van der Waals surface area contributed by atoms with Crippen LogP contribution < -0.4 is 10.1 Å². The van der Waals surface area contributed by atoms with E-state index in [9.17, 15) is 9.90 Å². The van der Waals surface area contributed by atoms with Crippen molar-refractivity contribution in [3.8, 4) is 5.75 Å². The van der Waals surface area contributed by atoms with Crippen LogP contribution in [0.15, 0.2) is 48.5 Å². The number of anilines is 1. The zero-order chi connectivity index (χ0) is 18.9. The molecule has 142 valence electrons. The van der Waals surface area contributed by atoms with Gasteiger partial charge in [0, 0.05) is 5.41 Å². The minimum Gasteiger partial charge on any atom is -0.495 e. The number of aliphatic hydroxyl groups excluding tert-OH is 1. The average Bonchev–Trinajstić information content (AvgIpc) is 2.96. The lowest BCUT2D eigenvalue weighted by molar-refractivity contribution is -0.117. The maximum Gasteiger partial charge on any atom is 0.238 e. The fourth-order valence-corrected chi connectivity index (χ4v) is 4.62. The van der Waals surface area contributed by atoms with Gasteiger partial charge >= 0.3 is 0 Å². The zero-order valence-corrected chi connectivity index (χ0v) is 15.6. The number of hydrogen-bond donors (Lipinski definition) is 2. The van der Waals surface area contributed by atoms with Gasteiger partial charge in [-0.1, -0.05) is 36.4 Å². The summed E-state index contributed by atoms with van der Waals surface area (Å²) in [6, 6.07) is 15.8. The Bertz CT molecular complexity index is 828. The molecule has 2 aromatic rings. The molecule has 0 aromatic heterocycles. The Hall–Kier alpha value is -2.37. The lowest BCUT2D eigenvalue weighted by atomic mass is 9.72. The molecule has 5 heteroatoms. The summed E-state index contributed by atoms with van der Waals surface area (Å²) in [7, 11) is 1.60. The summed E-state index contributed by atoms with van der Waals surface area (Å²) >= 11 is 0. The molecule has 1 heterocycles. The van der Waals surface area contributed by atoms with Crippen LogP contribution >= 0.6 is 0 Å². The molecule has 2 aliphatic rings. The van der Waals surface area contributed by atoms with Crippen molar-refractivity contribution in [2.45, 2.75) is 30.8 Å². The summed E-state index contributed by atoms with van der Waals surface area (Å²) in [6.45, 7) is 1.97. The SMILES string of the molecule is COc1ccccc1NC(=O)CN1CCC2(CC1)c1ccccc1CC2O. The Morgan fingerprint density at radius 2 is 1.89 bits per heavy atom. The second-order valence-electron chi connectivity index (χ2n) is 7.56. The Morgan fingerprint density at radius 3 is 2.67 bits per heavy atom. The monoisotopic (exact) mass is 366 g/mol. The van der Waals surface area contributed by atoms with Crippen LogP contribution in [0.3, 0.4) is 0 Å². The molecule has 0 bridgehead atoms. The number of carbonyl (C=O) groups is 1. The number of benzene rings is 2. The van der Waals surface area contributed by atoms with Crippen molar-refractivity contribution in [1.82, 2.24) is 4.90 Å². The van der Waals surface area contributed by atoms with Crippen molar-refractivity contribution in [3.63, 3.8) is 0 Å². The van der Waals surface area contributed by atoms with Crippen LogP contribution in [-0.2, 0) is 16.6 Å². The predicted octanol–water partition coefficient (Wildman–Crippen LogP) is 2.58. The molecule has 4 rings (SSSR count). The largest absolute Gasteiger partial charge is 0.495 e. The third kappa shape index (κ3) is 3.33. The second-order valence-corrected chi connectivity index (χ2v) is 7.56. The second kappa shape index (κ2) is 7.33. The first kappa shape index (κ1) is 18.0. The predicted molar refractivity (Wildman–Crippen MR) is 105 cm³/mol. The van der Waals surface area contributed by atoms with Gasteiger partial charge < -0.3 is 15.2 Å². The average molecular weight is 366 g/mol. The molecule has 1 spiro atoms. The number of fused-ring (bicyclic) bond motifs is 2. The highest BCUT2D eigenvalue weighted by molar-refractivity contribution is 5.93. The number of rotatable bonds is 4. The molecule has 2 N–H and O–H groups in total. The summed E-state index contributed by atoms with van der Waals surface area (Å²) < 4.78 is 5.29. The number of nitrogens with one attached hydrogen (secondary N) is 1. The summed E-state index contributed by atoms with van der Waals surface area (Å²) in [5, 5.41) is 13.7. The number of amides is 1. The minimum atomic E-state index is -0.320. The molecule has 5 nitrogen and oxygen atoms in total. The molecule has 1 unspecified atom stereocenters. The first-order chi connectivity index (χ1) is 13.1. The summed E-state index contributed by atoms with van der Waals surface area (Å²) in [4.78, 5) is 14.6. The lowest BCUT2D eigenvalue weighted by Crippen LogP contribution is -2.49. The van der Waals surface area contributed by atoms with E-state index in [0.717, 1.165) is 32.4 Å². The van der Waals surface area contributed by atoms with Crippen LogP contribution in [-0.4, -0.2) is 48.8 Å². The smallest absolute Gasteiger partial charge is 0.238 e. The number of hydrogen-bond acceptors (Lipinski definition) is 4. The van der Waals surface area contributed by atoms with Crippen molar-refractivity contribution < 1.29 is 14.6 Å². The van der Waals surface area contributed by atoms with E-state index in [2.05, 4.69) is 28.4 Å². The summed E-state index contributed by atoms with van der Waals surface area (Å²) in [5.41, 5.74) is 3.12. The van der Waals surface area contributed by atoms with E-state index < -0.39 is 0 Å². The van der Waals surface area contributed by atoms with Gasteiger partial charge in [0.25, 0.3) is 0 Å². The molecular formula is C22H26N2O3. The van der Waals surface area contributed by atoms with Gasteiger partial charge in [0.05, 0.1) is 25.4 Å². The van der Waals surface area contributed by atoms with Crippen molar-refractivity contribution in [2.24, 2.45) is 0 Å². The molecule has 1 fully saturated rings. The number of ether oxygens (including phenoxy) is 1. The van der Waals surface area contributed by atoms with E-state index in [1.165, 1.54) is 11.1 Å². The van der Waals surface area contributed by atoms with Gasteiger partial charge in [-0.2, -0.15) is 0 Å². The highest BCUT2D eigenvalue weighted by atomic mass is 16.5. The van der Waals surface area contributed by atoms with Crippen LogP contribution in [0.2, 0.25) is 0 Å². The van der Waals surface area contributed by atoms with Crippen molar-refractivity contribution in [1.29, 1.82) is 0 Å². The molecule has 1 amide bonds. The van der Waals surface area contributed by atoms with Crippen LogP contribution in [0.5, 0.6) is 5.75 Å². The highest BCUT2D eigenvalue weighted by Gasteiger charge is 2.47. The van der Waals surface area contributed by atoms with E-state index in [4.69, 9.17) is 4.74 Å². The van der Waals surface area contributed by atoms with E-state index in [1.807, 2.05) is 30.3 Å². The maximum atomic E-state index is 12.5. The highest BCUT2D eigenvalue weighted by Crippen LogP contribution is 2.46. The first-order valence-corrected chi connectivity index (χ1v) is 9.54. The number of aliphatic hydroxyl groups is 1. The fraction of sp³-hybridized carbons (Fsp3) is 0.409. The fourth-order valence-electron chi connectivity index (χ4n) is 4.62. The molecule has 1 saturated heterocycles. The van der Waals surface area contributed by atoms with Gasteiger partial charge in [0.1, 0.15) is 5.75 Å². The number of piperidine rings is 1. The molecular weight excluding hydrogens is 340 g/mol. The Kier molecular flexibility index (Phi) is 4.89. The molecule has 1 aliphatic carbocycles. The lowest BCUT2D eigenvalue weighted by Gasteiger charge is -2.42. The van der Waals surface area contributed by atoms with Crippen LogP contribution in [0.4, 0.5) is 5.69 Å². The molecule has 27 heavy (non-hydrogen) atoms. The summed E-state index contributed by atoms with van der Waals surface area (Å²) in [5.74, 6) is 0.622. The number of nitrogens with zero attached hydrogens (tertiary/aromatic N) is 1. The van der Waals surface area contributed by atoms with Gasteiger partial charge in [-0.05, 0) is 55.6 Å². The minimum absolute atomic E-state index is 0.0391. The summed E-state index contributed by atoms with van der Waals surface area (Å²) in [6.07, 6.45) is 2.18. The zero-order valence-electron chi connectivity index (χ0n) is 15.6. The Labute approximate surface area is 160 Å². The van der Waals surface area contributed by atoms with E-state index >= 15 is 0 Å². The van der Waals surface area contributed by atoms with E-state index in [1.54, 1.807) is 7.11 Å². The number of carbonyl (C=O) groups excluding carboxylic acids is 1. The van der Waals surface area contributed by atoms with Crippen molar-refractivity contribution in [2.75, 3.05) is 32.1 Å². The Morgan fingerprint density at radius 1 is 1.19 bits per heavy atom. The van der Waals surface area contributed by atoms with Gasteiger partial charge in [-0.3, -0.25) is 9.69 Å². The Balaban J connectivity index is 1.38. The molecule has 0 radical (unpaired) electrons. The van der Waals surface area contributed by atoms with Crippen molar-refractivity contribution >= 4 is 11.6 Å². The van der Waals surface area contributed by atoms with Crippen molar-refractivity contribution in [3.05, 3.63) is 59.7 Å². The topological polar surface area (TPSA) is 61.8 Å². The standard InChI is InChI=1S/C22H26N2O3/c1-27-19-9-5-4-8-18(19)23-21(26)15-24-12-10-22(11-13-24)17-7-3-2-6-16(17)14-20(22)25/h2-9,20,25H,10-15H2,1H3,(H,23,26). The number of likely N-dealkylation sites (tertiary alicyclic amines) is 1. The molecule has 1 aliphatic heterocycles. The molecule has 0 saturated carbocycles. The van der Waals surface area contributed by atoms with Crippen LogP contribution in [0, 0.1) is 0 Å². The van der Waals surface area contributed by atoms with Gasteiger partial charge in [-0.25, -0.2) is 0 Å². The van der Waals surface area contributed by atoms with Gasteiger partial charge in [-0.15, -0.1) is 0 Å². The van der Waals surface area contributed by atoms with E-state index in [0.29, 0.717) is 18.0 Å². The third-order valence-electron chi connectivity index (χ3n) is 6.10. The van der Waals surface area contributed by atoms with Gasteiger partial charge in [0.2, 0.25) is 5.91 Å². The molecule has 1 atom stereocenters. The van der Waals surface area contributed by atoms with Gasteiger partial charge in [0.15, 0.2) is 0 Å². The van der Waals surface area contributed by atoms with Crippen LogP contribution in [0.1, 0.15) is 24.0 Å². The normalized spacial score (nSPS) is 21.0. The quantitative estimate of drug-likeness (QED) is 0.873. The number of para-hydroxylation sites is 2. The molecule has 2 aromatic carbocycles. The van der Waals surface area contributed by atoms with E-state index in [-0.39, 0.29) is 17.4 Å². The number of methoxy groups -OCH3 is 1.